The van der Waals surface area contributed by atoms with Gasteiger partial charge in [0.25, 0.3) is 0 Å². The van der Waals surface area contributed by atoms with Crippen molar-refractivity contribution in [1.29, 1.82) is 0 Å². The minimum Gasteiger partial charge on any atom is -0.487 e. The van der Waals surface area contributed by atoms with Gasteiger partial charge >= 0.3 is 6.18 Å². The number of halogens is 3. The average molecular weight is 498 g/mol. The Kier molecular flexibility index (Phi) is 6.62. The van der Waals surface area contributed by atoms with E-state index in [9.17, 15) is 21.6 Å². The molecule has 1 saturated heterocycles. The van der Waals surface area contributed by atoms with Crippen molar-refractivity contribution in [3.05, 3.63) is 64.7 Å². The van der Waals surface area contributed by atoms with Crippen molar-refractivity contribution in [3.8, 4) is 5.75 Å². The predicted molar refractivity (Wildman–Crippen MR) is 119 cm³/mol. The number of benzene rings is 1. The van der Waals surface area contributed by atoms with Crippen LogP contribution in [-0.4, -0.2) is 43.9 Å². The molecule has 1 aliphatic rings. The second-order valence-corrected chi connectivity index (χ2v) is 10.8. The van der Waals surface area contributed by atoms with Crippen molar-refractivity contribution in [2.24, 2.45) is 5.92 Å². The van der Waals surface area contributed by atoms with Gasteiger partial charge in [0, 0.05) is 36.8 Å². The predicted octanol–water partition coefficient (Wildman–Crippen LogP) is 4.69. The largest absolute Gasteiger partial charge is 0.487 e. The molecule has 4 rings (SSSR count). The molecule has 0 radical (unpaired) electrons. The quantitative estimate of drug-likeness (QED) is 0.492. The minimum atomic E-state index is -4.36. The lowest BCUT2D eigenvalue weighted by Crippen LogP contribution is -2.46. The topological polar surface area (TPSA) is 72.4 Å². The minimum absolute atomic E-state index is 0.0815. The van der Waals surface area contributed by atoms with E-state index >= 15 is 0 Å². The molecule has 0 bridgehead atoms. The number of piperidine rings is 1. The van der Waals surface area contributed by atoms with Gasteiger partial charge in [-0.2, -0.15) is 13.2 Å². The van der Waals surface area contributed by atoms with Crippen LogP contribution in [0.4, 0.5) is 19.0 Å². The SMILES string of the molecule is CS(=O)(=O)c1ccc(OCc2csc(C3CCN(c4ccccn4)CC3C(F)(F)F)n2)cc1. The van der Waals surface area contributed by atoms with Crippen molar-refractivity contribution in [3.63, 3.8) is 0 Å². The summed E-state index contributed by atoms with van der Waals surface area (Å²) in [5, 5.41) is 2.16. The summed E-state index contributed by atoms with van der Waals surface area (Å²) in [6, 6.07) is 11.2. The number of hydrogen-bond acceptors (Lipinski definition) is 7. The standard InChI is InChI=1S/C22H22F3N3O3S2/c1-33(29,30)17-7-5-16(6-8-17)31-13-15-14-32-21(27-15)18-9-11-28(12-19(18)22(23,24)25)20-4-2-3-10-26-20/h2-8,10,14,18-19H,9,11-13H2,1H3. The molecule has 2 aromatic heterocycles. The van der Waals surface area contributed by atoms with E-state index in [2.05, 4.69) is 9.97 Å². The Hall–Kier alpha value is -2.66. The highest BCUT2D eigenvalue weighted by molar-refractivity contribution is 7.90. The summed E-state index contributed by atoms with van der Waals surface area (Å²) in [4.78, 5) is 10.5. The summed E-state index contributed by atoms with van der Waals surface area (Å²) < 4.78 is 70.5. The number of thiazole rings is 1. The number of rotatable bonds is 6. The van der Waals surface area contributed by atoms with Gasteiger partial charge in [0.1, 0.15) is 18.2 Å². The van der Waals surface area contributed by atoms with E-state index in [1.54, 1.807) is 34.7 Å². The van der Waals surface area contributed by atoms with Gasteiger partial charge < -0.3 is 9.64 Å². The molecular formula is C22H22F3N3O3S2. The lowest BCUT2D eigenvalue weighted by atomic mass is 9.85. The summed E-state index contributed by atoms with van der Waals surface area (Å²) in [5.41, 5.74) is 0.537. The maximum Gasteiger partial charge on any atom is 0.394 e. The van der Waals surface area contributed by atoms with E-state index in [1.165, 1.54) is 35.6 Å². The van der Waals surface area contributed by atoms with Gasteiger partial charge in [-0.15, -0.1) is 11.3 Å². The third-order valence-corrected chi connectivity index (χ3v) is 7.69. The fourth-order valence-corrected chi connectivity index (χ4v) is 5.46. The smallest absolute Gasteiger partial charge is 0.394 e. The second-order valence-electron chi connectivity index (χ2n) is 7.89. The number of hydrogen-bond donors (Lipinski definition) is 0. The second kappa shape index (κ2) is 9.30. The van der Waals surface area contributed by atoms with Crippen molar-refractivity contribution in [2.45, 2.75) is 30.0 Å². The van der Waals surface area contributed by atoms with E-state index in [1.807, 2.05) is 0 Å². The molecule has 0 saturated carbocycles. The Bertz CT molecular complexity index is 1180. The van der Waals surface area contributed by atoms with E-state index in [-0.39, 0.29) is 18.0 Å². The van der Waals surface area contributed by atoms with E-state index < -0.39 is 27.8 Å². The Morgan fingerprint density at radius 1 is 1.18 bits per heavy atom. The van der Waals surface area contributed by atoms with E-state index in [4.69, 9.17) is 4.74 Å². The fourth-order valence-electron chi connectivity index (χ4n) is 3.83. The average Bonchev–Trinajstić information content (AvgIpc) is 3.26. The molecule has 1 aromatic carbocycles. The number of aromatic nitrogens is 2. The van der Waals surface area contributed by atoms with Crippen LogP contribution in [0.5, 0.6) is 5.75 Å². The first-order valence-corrected chi connectivity index (χ1v) is 13.0. The van der Waals surface area contributed by atoms with Gasteiger partial charge in [-0.1, -0.05) is 6.07 Å². The molecule has 0 amide bonds. The molecule has 0 aliphatic carbocycles. The van der Waals surface area contributed by atoms with Crippen LogP contribution in [0.15, 0.2) is 58.9 Å². The summed E-state index contributed by atoms with van der Waals surface area (Å²) in [5.74, 6) is -1.27. The van der Waals surface area contributed by atoms with Crippen LogP contribution in [-0.2, 0) is 16.4 Å². The van der Waals surface area contributed by atoms with Gasteiger partial charge in [-0.25, -0.2) is 18.4 Å². The Morgan fingerprint density at radius 3 is 2.58 bits per heavy atom. The first-order chi connectivity index (χ1) is 15.6. The molecule has 0 N–H and O–H groups in total. The first-order valence-electron chi connectivity index (χ1n) is 10.2. The van der Waals surface area contributed by atoms with Crippen molar-refractivity contribution < 1.29 is 26.3 Å². The monoisotopic (exact) mass is 497 g/mol. The summed E-state index contributed by atoms with van der Waals surface area (Å²) in [6.45, 7) is 0.383. The highest BCUT2D eigenvalue weighted by Gasteiger charge is 2.49. The van der Waals surface area contributed by atoms with Crippen LogP contribution in [0.1, 0.15) is 23.0 Å². The van der Waals surface area contributed by atoms with Crippen LogP contribution in [0.2, 0.25) is 0 Å². The third kappa shape index (κ3) is 5.64. The van der Waals surface area contributed by atoms with Gasteiger partial charge in [0.05, 0.1) is 21.5 Å². The maximum absolute atomic E-state index is 13.9. The summed E-state index contributed by atoms with van der Waals surface area (Å²) in [6.07, 6.45) is -1.34. The van der Waals surface area contributed by atoms with Gasteiger partial charge in [0.15, 0.2) is 9.84 Å². The molecule has 2 atom stereocenters. The number of pyridine rings is 1. The third-order valence-electron chi connectivity index (χ3n) is 5.53. The molecule has 1 fully saturated rings. The lowest BCUT2D eigenvalue weighted by Gasteiger charge is -2.39. The molecule has 3 aromatic rings. The Balaban J connectivity index is 1.44. The van der Waals surface area contributed by atoms with E-state index in [0.29, 0.717) is 35.2 Å². The molecule has 11 heteroatoms. The number of anilines is 1. The Labute approximate surface area is 194 Å². The zero-order valence-corrected chi connectivity index (χ0v) is 19.3. The summed E-state index contributed by atoms with van der Waals surface area (Å²) >= 11 is 1.21. The molecule has 33 heavy (non-hydrogen) atoms. The van der Waals surface area contributed by atoms with Gasteiger partial charge in [-0.3, -0.25) is 0 Å². The van der Waals surface area contributed by atoms with Crippen LogP contribution in [0.3, 0.4) is 0 Å². The highest BCUT2D eigenvalue weighted by Crippen LogP contribution is 2.44. The van der Waals surface area contributed by atoms with Crippen LogP contribution < -0.4 is 9.64 Å². The zero-order valence-electron chi connectivity index (χ0n) is 17.7. The van der Waals surface area contributed by atoms with Crippen LogP contribution in [0, 0.1) is 5.92 Å². The fraction of sp³-hybridized carbons (Fsp3) is 0.364. The highest BCUT2D eigenvalue weighted by atomic mass is 32.2. The number of nitrogens with zero attached hydrogens (tertiary/aromatic N) is 3. The molecule has 6 nitrogen and oxygen atoms in total. The number of sulfone groups is 1. The van der Waals surface area contributed by atoms with Crippen molar-refractivity contribution >= 4 is 27.0 Å². The van der Waals surface area contributed by atoms with Crippen molar-refractivity contribution in [1.82, 2.24) is 9.97 Å². The normalized spacial score (nSPS) is 19.5. The zero-order chi connectivity index (χ0) is 23.6. The molecular weight excluding hydrogens is 475 g/mol. The van der Waals surface area contributed by atoms with Crippen LogP contribution >= 0.6 is 11.3 Å². The summed E-state index contributed by atoms with van der Waals surface area (Å²) in [7, 11) is -3.30. The van der Waals surface area contributed by atoms with E-state index in [0.717, 1.165) is 6.26 Å². The Morgan fingerprint density at radius 2 is 1.94 bits per heavy atom. The molecule has 0 spiro atoms. The molecule has 1 aliphatic heterocycles. The number of alkyl halides is 3. The molecule has 2 unspecified atom stereocenters. The number of ether oxygens (including phenoxy) is 1. The molecule has 3 heterocycles. The van der Waals surface area contributed by atoms with Gasteiger partial charge in [-0.05, 0) is 42.8 Å². The lowest BCUT2D eigenvalue weighted by molar-refractivity contribution is -0.181. The maximum atomic E-state index is 13.9. The van der Waals surface area contributed by atoms with Crippen LogP contribution in [0.25, 0.3) is 0 Å². The first kappa shape index (κ1) is 23.5. The molecule has 176 valence electrons. The van der Waals surface area contributed by atoms with Gasteiger partial charge in [0.2, 0.25) is 0 Å². The van der Waals surface area contributed by atoms with Crippen molar-refractivity contribution in [2.75, 3.05) is 24.2 Å².